The van der Waals surface area contributed by atoms with E-state index in [9.17, 15) is 18.0 Å². The van der Waals surface area contributed by atoms with Crippen molar-refractivity contribution in [3.63, 3.8) is 0 Å². The predicted molar refractivity (Wildman–Crippen MR) is 102 cm³/mol. The summed E-state index contributed by atoms with van der Waals surface area (Å²) in [6, 6.07) is 0. The Balaban J connectivity index is 0. The minimum Gasteiger partial charge on any atom is -0.435 e. The van der Waals surface area contributed by atoms with Crippen LogP contribution in [-0.4, -0.2) is 63.5 Å². The van der Waals surface area contributed by atoms with E-state index in [1.165, 1.54) is 12.7 Å². The zero-order chi connectivity index (χ0) is 18.8. The van der Waals surface area contributed by atoms with Gasteiger partial charge in [0.2, 0.25) is 0 Å². The standard InChI is InChI=1S/C20H33F3O2.K/c1-2-25-19(24)17-15-13-11-9-7-5-3-4-6-8-10-12-14-16-18-20(21,22)23;/h2-4H,1,5-18H2;/b4-3-;. The van der Waals surface area contributed by atoms with Crippen molar-refractivity contribution in [1.29, 1.82) is 0 Å². The molecule has 0 aromatic heterocycles. The van der Waals surface area contributed by atoms with E-state index in [1.807, 2.05) is 0 Å². The van der Waals surface area contributed by atoms with Gasteiger partial charge in [0, 0.05) is 64.2 Å². The molecule has 0 aliphatic rings. The van der Waals surface area contributed by atoms with Crippen molar-refractivity contribution >= 4 is 57.4 Å². The third kappa shape index (κ3) is 24.4. The van der Waals surface area contributed by atoms with Crippen LogP contribution < -0.4 is 0 Å². The van der Waals surface area contributed by atoms with Crippen LogP contribution in [-0.2, 0) is 9.53 Å². The Hall–Kier alpha value is 0.376. The van der Waals surface area contributed by atoms with Gasteiger partial charge in [-0.1, -0.05) is 57.3 Å². The first kappa shape index (κ1) is 28.6. The number of carbonyl (C=O) groups excluding carboxylic acids is 1. The van der Waals surface area contributed by atoms with E-state index >= 15 is 0 Å². The number of ether oxygens (including phenoxy) is 1. The molecule has 1 radical (unpaired) electrons. The average molecular weight is 402 g/mol. The molecule has 0 bridgehead atoms. The largest absolute Gasteiger partial charge is 0.435 e. The topological polar surface area (TPSA) is 26.3 Å². The summed E-state index contributed by atoms with van der Waals surface area (Å²) in [5, 5.41) is 0. The van der Waals surface area contributed by atoms with Crippen molar-refractivity contribution in [2.24, 2.45) is 0 Å². The van der Waals surface area contributed by atoms with Crippen molar-refractivity contribution in [2.45, 2.75) is 96.1 Å². The summed E-state index contributed by atoms with van der Waals surface area (Å²) in [4.78, 5) is 11.1. The van der Waals surface area contributed by atoms with Crippen LogP contribution in [0.5, 0.6) is 0 Å². The maximum Gasteiger partial charge on any atom is 0.389 e. The van der Waals surface area contributed by atoms with E-state index in [-0.39, 0.29) is 63.8 Å². The quantitative estimate of drug-likeness (QED) is 0.0927. The normalized spacial score (nSPS) is 11.3. The molecule has 0 rings (SSSR count). The Labute approximate surface area is 199 Å². The first-order valence-corrected chi connectivity index (χ1v) is 9.48. The van der Waals surface area contributed by atoms with E-state index in [4.69, 9.17) is 0 Å². The third-order valence-electron chi connectivity index (χ3n) is 3.96. The monoisotopic (exact) mass is 401 g/mol. The Morgan fingerprint density at radius 2 is 1.27 bits per heavy atom. The van der Waals surface area contributed by atoms with Gasteiger partial charge in [-0.15, -0.1) is 0 Å². The predicted octanol–water partition coefficient (Wildman–Crippen LogP) is 6.87. The van der Waals surface area contributed by atoms with Gasteiger partial charge in [-0.05, 0) is 38.5 Å². The summed E-state index contributed by atoms with van der Waals surface area (Å²) < 4.78 is 40.5. The summed E-state index contributed by atoms with van der Waals surface area (Å²) in [7, 11) is 0. The van der Waals surface area contributed by atoms with Gasteiger partial charge < -0.3 is 4.74 Å². The van der Waals surface area contributed by atoms with Crippen LogP contribution in [0.1, 0.15) is 89.9 Å². The zero-order valence-corrected chi connectivity index (χ0v) is 19.4. The fraction of sp³-hybridized carbons (Fsp3) is 0.750. The van der Waals surface area contributed by atoms with Gasteiger partial charge in [-0.3, -0.25) is 4.79 Å². The molecule has 26 heavy (non-hydrogen) atoms. The molecule has 0 N–H and O–H groups in total. The van der Waals surface area contributed by atoms with Crippen LogP contribution in [0.25, 0.3) is 0 Å². The Morgan fingerprint density at radius 1 is 0.808 bits per heavy atom. The third-order valence-corrected chi connectivity index (χ3v) is 3.96. The van der Waals surface area contributed by atoms with Gasteiger partial charge in [0.05, 0.1) is 6.26 Å². The second kappa shape index (κ2) is 20.1. The van der Waals surface area contributed by atoms with Gasteiger partial charge in [0.15, 0.2) is 0 Å². The molecule has 0 aromatic carbocycles. The number of allylic oxidation sites excluding steroid dienone is 2. The Kier molecular flexibility index (Phi) is 22.1. The number of rotatable bonds is 16. The van der Waals surface area contributed by atoms with Crippen LogP contribution in [0.2, 0.25) is 0 Å². The molecule has 0 aromatic rings. The molecule has 0 spiro atoms. The number of esters is 1. The van der Waals surface area contributed by atoms with Crippen molar-refractivity contribution in [2.75, 3.05) is 0 Å². The molecule has 0 atom stereocenters. The number of hydrogen-bond donors (Lipinski definition) is 0. The van der Waals surface area contributed by atoms with Crippen LogP contribution in [0.15, 0.2) is 25.0 Å². The van der Waals surface area contributed by atoms with Gasteiger partial charge in [-0.2, -0.15) is 13.2 Å². The molecular weight excluding hydrogens is 368 g/mol. The van der Waals surface area contributed by atoms with Crippen LogP contribution in [0.3, 0.4) is 0 Å². The maximum absolute atomic E-state index is 11.9. The molecule has 6 heteroatoms. The first-order valence-electron chi connectivity index (χ1n) is 9.48. The Bertz CT molecular complexity index is 369. The molecule has 0 amide bonds. The van der Waals surface area contributed by atoms with Crippen molar-refractivity contribution < 1.29 is 22.7 Å². The van der Waals surface area contributed by atoms with Crippen molar-refractivity contribution in [1.82, 2.24) is 0 Å². The molecule has 0 heterocycles. The summed E-state index contributed by atoms with van der Waals surface area (Å²) in [5.74, 6) is -0.210. The fourth-order valence-electron chi connectivity index (χ4n) is 2.57. The number of hydrogen-bond acceptors (Lipinski definition) is 2. The average Bonchev–Trinajstić information content (AvgIpc) is 2.53. The molecule has 0 aliphatic heterocycles. The second-order valence-corrected chi connectivity index (χ2v) is 6.36. The molecule has 0 fully saturated rings. The van der Waals surface area contributed by atoms with E-state index < -0.39 is 12.6 Å². The molecule has 0 unspecified atom stereocenters. The zero-order valence-electron chi connectivity index (χ0n) is 16.3. The smallest absolute Gasteiger partial charge is 0.389 e. The van der Waals surface area contributed by atoms with Crippen LogP contribution >= 0.6 is 0 Å². The van der Waals surface area contributed by atoms with Crippen LogP contribution in [0.4, 0.5) is 13.2 Å². The van der Waals surface area contributed by atoms with Crippen LogP contribution in [0, 0.1) is 0 Å². The molecule has 0 saturated carbocycles. The maximum atomic E-state index is 11.9. The van der Waals surface area contributed by atoms with E-state index in [0.29, 0.717) is 12.8 Å². The van der Waals surface area contributed by atoms with Crippen molar-refractivity contribution in [3.05, 3.63) is 25.0 Å². The van der Waals surface area contributed by atoms with Gasteiger partial charge in [-0.25, -0.2) is 0 Å². The second-order valence-electron chi connectivity index (χ2n) is 6.36. The number of alkyl halides is 3. The van der Waals surface area contributed by atoms with E-state index in [2.05, 4.69) is 23.5 Å². The summed E-state index contributed by atoms with van der Waals surface area (Å²) in [6.07, 6.45) is 12.7. The number of unbranched alkanes of at least 4 members (excludes halogenated alkanes) is 10. The molecule has 147 valence electrons. The summed E-state index contributed by atoms with van der Waals surface area (Å²) in [5.41, 5.74) is 0. The van der Waals surface area contributed by atoms with Crippen molar-refractivity contribution in [3.8, 4) is 0 Å². The minimum atomic E-state index is -4.00. The summed E-state index contributed by atoms with van der Waals surface area (Å²) in [6.45, 7) is 3.34. The fourth-order valence-corrected chi connectivity index (χ4v) is 2.57. The van der Waals surface area contributed by atoms with Gasteiger partial charge >= 0.3 is 12.1 Å². The van der Waals surface area contributed by atoms with Gasteiger partial charge in [0.25, 0.3) is 0 Å². The summed E-state index contributed by atoms with van der Waals surface area (Å²) >= 11 is 0. The molecule has 2 nitrogen and oxygen atoms in total. The SMILES string of the molecule is C=COC(=O)CCCCCCC/C=C\CCCCCCCC(F)(F)F.[K]. The van der Waals surface area contributed by atoms with E-state index in [1.54, 1.807) is 0 Å². The molecule has 0 saturated heterocycles. The first-order chi connectivity index (χ1) is 12.0. The van der Waals surface area contributed by atoms with Gasteiger partial charge in [0.1, 0.15) is 0 Å². The molecular formula is C20H33F3KO2. The molecule has 0 aliphatic carbocycles. The number of carbonyl (C=O) groups is 1. The number of halogens is 3. The Morgan fingerprint density at radius 3 is 1.77 bits per heavy atom. The van der Waals surface area contributed by atoms with E-state index in [0.717, 1.165) is 57.8 Å². The minimum absolute atomic E-state index is 0.